The van der Waals surface area contributed by atoms with Crippen LogP contribution < -0.4 is 16.0 Å². The molecule has 1 rings (SSSR count). The number of hydrogen-bond acceptors (Lipinski definition) is 4. The Balaban J connectivity index is 2.37. The van der Waals surface area contributed by atoms with Gasteiger partial charge in [-0.3, -0.25) is 9.69 Å². The first-order valence-electron chi connectivity index (χ1n) is 8.33. The normalized spacial score (nSPS) is 16.9. The van der Waals surface area contributed by atoms with Crippen molar-refractivity contribution in [1.29, 1.82) is 0 Å². The summed E-state index contributed by atoms with van der Waals surface area (Å²) in [5.41, 5.74) is 0. The summed E-state index contributed by atoms with van der Waals surface area (Å²) in [7, 11) is 1.61. The van der Waals surface area contributed by atoms with Crippen LogP contribution in [0.2, 0.25) is 0 Å². The highest BCUT2D eigenvalue weighted by molar-refractivity contribution is 5.85. The van der Waals surface area contributed by atoms with Crippen LogP contribution in [0.4, 0.5) is 0 Å². The summed E-state index contributed by atoms with van der Waals surface area (Å²) >= 11 is 0. The molecule has 7 nitrogen and oxygen atoms in total. The molecule has 1 fully saturated rings. The number of carbonyl (C=O) groups is 1. The van der Waals surface area contributed by atoms with Crippen LogP contribution in [-0.2, 0) is 9.53 Å². The van der Waals surface area contributed by atoms with Gasteiger partial charge in [0.1, 0.15) is 6.54 Å². The lowest BCUT2D eigenvalue weighted by molar-refractivity contribution is -0.119. The summed E-state index contributed by atoms with van der Waals surface area (Å²) in [6.07, 6.45) is 4.08. The molecule has 7 heteroatoms. The van der Waals surface area contributed by atoms with E-state index >= 15 is 0 Å². The van der Waals surface area contributed by atoms with Crippen LogP contribution in [0.15, 0.2) is 17.6 Å². The van der Waals surface area contributed by atoms with E-state index in [2.05, 4.69) is 32.4 Å². The molecule has 1 heterocycles. The van der Waals surface area contributed by atoms with Crippen molar-refractivity contribution in [3.05, 3.63) is 12.7 Å². The molecule has 0 aromatic rings. The molecule has 0 aliphatic carbocycles. The number of piperidine rings is 1. The minimum absolute atomic E-state index is 0.0972. The number of carbonyl (C=O) groups excluding carboxylic acids is 1. The molecule has 23 heavy (non-hydrogen) atoms. The van der Waals surface area contributed by atoms with Crippen LogP contribution in [0.1, 0.15) is 19.8 Å². The van der Waals surface area contributed by atoms with Crippen molar-refractivity contribution < 1.29 is 9.53 Å². The summed E-state index contributed by atoms with van der Waals surface area (Å²) in [4.78, 5) is 18.4. The average Bonchev–Trinajstić information content (AvgIpc) is 2.55. The number of ether oxygens (including phenoxy) is 1. The van der Waals surface area contributed by atoms with E-state index in [1.54, 1.807) is 7.11 Å². The molecule has 3 N–H and O–H groups in total. The van der Waals surface area contributed by atoms with Crippen molar-refractivity contribution in [3.63, 3.8) is 0 Å². The summed E-state index contributed by atoms with van der Waals surface area (Å²) in [5.74, 6) is 0.608. The van der Waals surface area contributed by atoms with Gasteiger partial charge in [-0.2, -0.15) is 0 Å². The molecule has 1 aliphatic heterocycles. The first kappa shape index (κ1) is 19.4. The van der Waals surface area contributed by atoms with Crippen LogP contribution in [0, 0.1) is 0 Å². The van der Waals surface area contributed by atoms with Crippen molar-refractivity contribution >= 4 is 11.9 Å². The fourth-order valence-electron chi connectivity index (χ4n) is 2.46. The Morgan fingerprint density at radius 3 is 2.74 bits per heavy atom. The summed E-state index contributed by atoms with van der Waals surface area (Å²) in [5, 5.41) is 9.38. The van der Waals surface area contributed by atoms with Gasteiger partial charge in [-0.25, -0.2) is 4.99 Å². The molecular weight excluding hydrogens is 294 g/mol. The van der Waals surface area contributed by atoms with Crippen molar-refractivity contribution in [3.8, 4) is 0 Å². The van der Waals surface area contributed by atoms with E-state index in [4.69, 9.17) is 4.74 Å². The van der Waals surface area contributed by atoms with Crippen molar-refractivity contribution in [2.24, 2.45) is 4.99 Å². The van der Waals surface area contributed by atoms with Gasteiger partial charge in [-0.15, -0.1) is 6.58 Å². The first-order chi connectivity index (χ1) is 11.2. The Morgan fingerprint density at radius 2 is 2.13 bits per heavy atom. The van der Waals surface area contributed by atoms with E-state index in [0.29, 0.717) is 25.2 Å². The zero-order valence-corrected chi connectivity index (χ0v) is 14.4. The van der Waals surface area contributed by atoms with Crippen LogP contribution in [0.3, 0.4) is 0 Å². The number of nitrogens with zero attached hydrogens (tertiary/aromatic N) is 2. The number of likely N-dealkylation sites (tertiary alicyclic amines) is 1. The molecule has 1 amide bonds. The van der Waals surface area contributed by atoms with Gasteiger partial charge in [0.05, 0.1) is 6.61 Å². The number of methoxy groups -OCH3 is 1. The molecule has 0 aromatic heterocycles. The lowest BCUT2D eigenvalue weighted by Gasteiger charge is -2.32. The van der Waals surface area contributed by atoms with Gasteiger partial charge in [0.15, 0.2) is 5.96 Å². The molecule has 0 bridgehead atoms. The zero-order valence-electron chi connectivity index (χ0n) is 14.4. The van der Waals surface area contributed by atoms with E-state index in [0.717, 1.165) is 39.0 Å². The molecule has 0 aromatic carbocycles. The number of nitrogens with one attached hydrogen (secondary N) is 3. The number of rotatable bonds is 9. The van der Waals surface area contributed by atoms with Crippen LogP contribution in [-0.4, -0.2) is 75.8 Å². The quantitative estimate of drug-likeness (QED) is 0.240. The third-order valence-corrected chi connectivity index (χ3v) is 3.67. The summed E-state index contributed by atoms with van der Waals surface area (Å²) in [6, 6.07) is 0.394. The molecule has 0 spiro atoms. The smallest absolute Gasteiger partial charge is 0.241 e. The predicted molar refractivity (Wildman–Crippen MR) is 93.7 cm³/mol. The molecule has 0 atom stereocenters. The van der Waals surface area contributed by atoms with Gasteiger partial charge in [0, 0.05) is 45.9 Å². The Bertz CT molecular complexity index is 379. The maximum Gasteiger partial charge on any atom is 0.241 e. The second kappa shape index (κ2) is 11.9. The van der Waals surface area contributed by atoms with Crippen molar-refractivity contribution in [1.82, 2.24) is 20.9 Å². The highest BCUT2D eigenvalue weighted by Gasteiger charge is 2.19. The first-order valence-corrected chi connectivity index (χ1v) is 8.33. The minimum Gasteiger partial charge on any atom is -0.383 e. The lowest BCUT2D eigenvalue weighted by atomic mass is 10.1. The predicted octanol–water partition coefficient (Wildman–Crippen LogP) is -0.0455. The highest BCUT2D eigenvalue weighted by Crippen LogP contribution is 2.09. The minimum atomic E-state index is -0.0972. The number of hydrogen-bond donors (Lipinski definition) is 3. The van der Waals surface area contributed by atoms with Crippen LogP contribution in [0.5, 0.6) is 0 Å². The van der Waals surface area contributed by atoms with Gasteiger partial charge in [-0.05, 0) is 19.8 Å². The van der Waals surface area contributed by atoms with E-state index < -0.39 is 0 Å². The topological polar surface area (TPSA) is 78.0 Å². The number of guanidine groups is 1. The molecule has 132 valence electrons. The fourth-order valence-corrected chi connectivity index (χ4v) is 2.46. The van der Waals surface area contributed by atoms with Crippen molar-refractivity contribution in [2.45, 2.75) is 25.8 Å². The maximum atomic E-state index is 11.7. The Labute approximate surface area is 139 Å². The summed E-state index contributed by atoms with van der Waals surface area (Å²) in [6.45, 7) is 10.8. The van der Waals surface area contributed by atoms with E-state index in [-0.39, 0.29) is 12.5 Å². The molecule has 0 saturated carbocycles. The second-order valence-electron chi connectivity index (χ2n) is 5.55. The van der Waals surface area contributed by atoms with Crippen LogP contribution in [0.25, 0.3) is 0 Å². The van der Waals surface area contributed by atoms with E-state index in [1.807, 2.05) is 13.0 Å². The third kappa shape index (κ3) is 8.56. The molecule has 1 saturated heterocycles. The van der Waals surface area contributed by atoms with Gasteiger partial charge in [-0.1, -0.05) is 6.08 Å². The standard InChI is InChI=1S/C16H31N5O2/c1-4-9-21-10-6-14(7-11-21)20-16(17-5-2)19-13-15(22)18-8-12-23-3/h4,14H,1,5-13H2,2-3H3,(H,18,22)(H2,17,19,20). The molecule has 0 unspecified atom stereocenters. The SMILES string of the molecule is C=CCN1CCC(NC(=NCC(=O)NCCOC)NCC)CC1. The zero-order chi connectivity index (χ0) is 16.9. The fraction of sp³-hybridized carbons (Fsp3) is 0.750. The number of amides is 1. The van der Waals surface area contributed by atoms with Gasteiger partial charge in [0.25, 0.3) is 0 Å². The van der Waals surface area contributed by atoms with Crippen molar-refractivity contribution in [2.75, 3.05) is 53.0 Å². The Kier molecular flexibility index (Phi) is 10.1. The maximum absolute atomic E-state index is 11.7. The highest BCUT2D eigenvalue weighted by atomic mass is 16.5. The van der Waals surface area contributed by atoms with E-state index in [1.165, 1.54) is 0 Å². The molecule has 1 aliphatic rings. The van der Waals surface area contributed by atoms with E-state index in [9.17, 15) is 4.79 Å². The molecular formula is C16H31N5O2. The molecule has 0 radical (unpaired) electrons. The van der Waals surface area contributed by atoms with Gasteiger partial charge < -0.3 is 20.7 Å². The average molecular weight is 325 g/mol. The summed E-state index contributed by atoms with van der Waals surface area (Å²) < 4.78 is 4.90. The largest absolute Gasteiger partial charge is 0.383 e. The third-order valence-electron chi connectivity index (χ3n) is 3.67. The van der Waals surface area contributed by atoms with Gasteiger partial charge >= 0.3 is 0 Å². The lowest BCUT2D eigenvalue weighted by Crippen LogP contribution is -2.49. The van der Waals surface area contributed by atoms with Crippen LogP contribution >= 0.6 is 0 Å². The Morgan fingerprint density at radius 1 is 1.39 bits per heavy atom. The number of aliphatic imine (C=N–C) groups is 1. The second-order valence-corrected chi connectivity index (χ2v) is 5.55. The monoisotopic (exact) mass is 325 g/mol. The Hall–Kier alpha value is -1.60. The van der Waals surface area contributed by atoms with Gasteiger partial charge in [0.2, 0.25) is 5.91 Å².